The second-order valence-corrected chi connectivity index (χ2v) is 5.69. The van der Waals surface area contributed by atoms with Gasteiger partial charge in [-0.2, -0.15) is 0 Å². The Labute approximate surface area is 132 Å². The van der Waals surface area contributed by atoms with Crippen molar-refractivity contribution in [2.45, 2.75) is 52.2 Å². The molecular formula is C19H25NO2. The number of carbonyl (C=O) groups is 1. The SMILES string of the molecule is CCC[C@H](C)NC(=O)[C@H](CC)Oc1cccc2ccccc12. The Morgan fingerprint density at radius 3 is 2.59 bits per heavy atom. The smallest absolute Gasteiger partial charge is 0.261 e. The minimum Gasteiger partial charge on any atom is -0.480 e. The minimum atomic E-state index is -0.454. The van der Waals surface area contributed by atoms with Crippen LogP contribution in [0.1, 0.15) is 40.0 Å². The van der Waals surface area contributed by atoms with Gasteiger partial charge in [0.2, 0.25) is 0 Å². The number of amides is 1. The molecule has 1 amide bonds. The highest BCUT2D eigenvalue weighted by Gasteiger charge is 2.20. The fourth-order valence-electron chi connectivity index (χ4n) is 2.61. The average Bonchev–Trinajstić information content (AvgIpc) is 2.52. The van der Waals surface area contributed by atoms with E-state index in [0.29, 0.717) is 6.42 Å². The quantitative estimate of drug-likeness (QED) is 0.827. The lowest BCUT2D eigenvalue weighted by molar-refractivity contribution is -0.128. The van der Waals surface area contributed by atoms with Crippen molar-refractivity contribution in [1.82, 2.24) is 5.32 Å². The van der Waals surface area contributed by atoms with Crippen LogP contribution in [0.2, 0.25) is 0 Å². The predicted octanol–water partition coefficient (Wildman–Crippen LogP) is 4.30. The maximum atomic E-state index is 12.4. The van der Waals surface area contributed by atoms with Crippen molar-refractivity contribution >= 4 is 16.7 Å². The first kappa shape index (κ1) is 16.3. The summed E-state index contributed by atoms with van der Waals surface area (Å²) in [5.74, 6) is 0.736. The van der Waals surface area contributed by atoms with E-state index in [0.717, 1.165) is 29.4 Å². The first-order valence-corrected chi connectivity index (χ1v) is 8.10. The molecule has 2 aromatic rings. The molecule has 2 aromatic carbocycles. The van der Waals surface area contributed by atoms with Gasteiger partial charge in [0.05, 0.1) is 0 Å². The van der Waals surface area contributed by atoms with Crippen molar-refractivity contribution in [1.29, 1.82) is 0 Å². The van der Waals surface area contributed by atoms with Gasteiger partial charge in [-0.05, 0) is 31.2 Å². The fourth-order valence-corrected chi connectivity index (χ4v) is 2.61. The van der Waals surface area contributed by atoms with E-state index in [1.165, 1.54) is 0 Å². The molecule has 0 aromatic heterocycles. The molecule has 3 heteroatoms. The van der Waals surface area contributed by atoms with Crippen LogP contribution >= 0.6 is 0 Å². The van der Waals surface area contributed by atoms with E-state index in [4.69, 9.17) is 4.74 Å². The number of hydrogen-bond acceptors (Lipinski definition) is 2. The summed E-state index contributed by atoms with van der Waals surface area (Å²) in [5.41, 5.74) is 0. The van der Waals surface area contributed by atoms with Gasteiger partial charge < -0.3 is 10.1 Å². The maximum Gasteiger partial charge on any atom is 0.261 e. The Hall–Kier alpha value is -2.03. The molecule has 118 valence electrons. The molecule has 3 nitrogen and oxygen atoms in total. The van der Waals surface area contributed by atoms with Crippen molar-refractivity contribution < 1.29 is 9.53 Å². The van der Waals surface area contributed by atoms with Crippen molar-refractivity contribution in [3.63, 3.8) is 0 Å². The highest BCUT2D eigenvalue weighted by Crippen LogP contribution is 2.26. The van der Waals surface area contributed by atoms with E-state index in [2.05, 4.69) is 12.2 Å². The molecule has 0 saturated heterocycles. The van der Waals surface area contributed by atoms with Crippen LogP contribution in [0, 0.1) is 0 Å². The summed E-state index contributed by atoms with van der Waals surface area (Å²) in [6, 6.07) is 14.2. The predicted molar refractivity (Wildman–Crippen MR) is 91.2 cm³/mol. The maximum absolute atomic E-state index is 12.4. The van der Waals surface area contributed by atoms with Gasteiger partial charge in [0.15, 0.2) is 6.10 Å². The lowest BCUT2D eigenvalue weighted by Gasteiger charge is -2.21. The molecule has 0 aliphatic rings. The molecule has 1 N–H and O–H groups in total. The van der Waals surface area contributed by atoms with Gasteiger partial charge in [0.25, 0.3) is 5.91 Å². The summed E-state index contributed by atoms with van der Waals surface area (Å²) >= 11 is 0. The summed E-state index contributed by atoms with van der Waals surface area (Å²) < 4.78 is 6.01. The Morgan fingerprint density at radius 2 is 1.86 bits per heavy atom. The number of benzene rings is 2. The molecule has 0 bridgehead atoms. The molecule has 0 fully saturated rings. The standard InChI is InChI=1S/C19H25NO2/c1-4-9-14(3)20-19(21)17(5-2)22-18-13-8-11-15-10-6-7-12-16(15)18/h6-8,10-14,17H,4-5,9H2,1-3H3,(H,20,21)/t14-,17-/m0/s1. The van der Waals surface area contributed by atoms with Gasteiger partial charge in [-0.15, -0.1) is 0 Å². The molecule has 0 aliphatic heterocycles. The van der Waals surface area contributed by atoms with Crippen LogP contribution < -0.4 is 10.1 Å². The second kappa shape index (κ2) is 7.83. The van der Waals surface area contributed by atoms with E-state index < -0.39 is 6.10 Å². The third-order valence-corrected chi connectivity index (χ3v) is 3.79. The summed E-state index contributed by atoms with van der Waals surface area (Å²) in [5, 5.41) is 5.20. The summed E-state index contributed by atoms with van der Waals surface area (Å²) in [4.78, 5) is 12.4. The number of ether oxygens (including phenoxy) is 1. The van der Waals surface area contributed by atoms with Gasteiger partial charge in [-0.25, -0.2) is 0 Å². The monoisotopic (exact) mass is 299 g/mol. The van der Waals surface area contributed by atoms with Crippen LogP contribution in [0.25, 0.3) is 10.8 Å². The average molecular weight is 299 g/mol. The minimum absolute atomic E-state index is 0.0311. The molecule has 0 heterocycles. The molecule has 2 atom stereocenters. The third-order valence-electron chi connectivity index (χ3n) is 3.79. The first-order valence-electron chi connectivity index (χ1n) is 8.10. The molecule has 0 unspecified atom stereocenters. The zero-order valence-electron chi connectivity index (χ0n) is 13.6. The first-order chi connectivity index (χ1) is 10.7. The third kappa shape index (κ3) is 4.00. The van der Waals surface area contributed by atoms with Gasteiger partial charge in [-0.1, -0.05) is 56.7 Å². The molecular weight excluding hydrogens is 274 g/mol. The fraction of sp³-hybridized carbons (Fsp3) is 0.421. The number of nitrogens with one attached hydrogen (secondary N) is 1. The molecule has 0 aliphatic carbocycles. The lowest BCUT2D eigenvalue weighted by atomic mass is 10.1. The highest BCUT2D eigenvalue weighted by molar-refractivity contribution is 5.89. The summed E-state index contributed by atoms with van der Waals surface area (Å²) in [7, 11) is 0. The number of fused-ring (bicyclic) bond motifs is 1. The number of rotatable bonds is 7. The summed E-state index contributed by atoms with van der Waals surface area (Å²) in [6.45, 7) is 6.12. The van der Waals surface area contributed by atoms with E-state index >= 15 is 0 Å². The zero-order valence-corrected chi connectivity index (χ0v) is 13.6. The zero-order chi connectivity index (χ0) is 15.9. The van der Waals surface area contributed by atoms with Gasteiger partial charge in [-0.3, -0.25) is 4.79 Å². The molecule has 22 heavy (non-hydrogen) atoms. The Bertz CT molecular complexity index is 618. The number of carbonyl (C=O) groups excluding carboxylic acids is 1. The highest BCUT2D eigenvalue weighted by atomic mass is 16.5. The van der Waals surface area contributed by atoms with E-state index in [1.54, 1.807) is 0 Å². The molecule has 2 rings (SSSR count). The second-order valence-electron chi connectivity index (χ2n) is 5.69. The van der Waals surface area contributed by atoms with Crippen molar-refractivity contribution in [2.75, 3.05) is 0 Å². The Morgan fingerprint density at radius 1 is 1.14 bits per heavy atom. The largest absolute Gasteiger partial charge is 0.480 e. The van der Waals surface area contributed by atoms with Gasteiger partial charge >= 0.3 is 0 Å². The van der Waals surface area contributed by atoms with E-state index in [9.17, 15) is 4.79 Å². The Balaban J connectivity index is 2.13. The van der Waals surface area contributed by atoms with E-state index in [1.807, 2.05) is 56.3 Å². The van der Waals surface area contributed by atoms with Crippen molar-refractivity contribution in [3.8, 4) is 5.75 Å². The van der Waals surface area contributed by atoms with Crippen molar-refractivity contribution in [3.05, 3.63) is 42.5 Å². The molecule has 0 radical (unpaired) electrons. The Kier molecular flexibility index (Phi) is 5.82. The lowest BCUT2D eigenvalue weighted by Crippen LogP contribution is -2.42. The number of hydrogen-bond donors (Lipinski definition) is 1. The van der Waals surface area contributed by atoms with Crippen molar-refractivity contribution in [2.24, 2.45) is 0 Å². The molecule has 0 saturated carbocycles. The summed E-state index contributed by atoms with van der Waals surface area (Å²) in [6.07, 6.45) is 2.23. The molecule has 0 spiro atoms. The normalized spacial score (nSPS) is 13.6. The van der Waals surface area contributed by atoms with Crippen LogP contribution in [0.5, 0.6) is 5.75 Å². The van der Waals surface area contributed by atoms with Crippen LogP contribution in [0.15, 0.2) is 42.5 Å². The van der Waals surface area contributed by atoms with Crippen LogP contribution in [0.3, 0.4) is 0 Å². The van der Waals surface area contributed by atoms with Gasteiger partial charge in [0, 0.05) is 11.4 Å². The van der Waals surface area contributed by atoms with E-state index in [-0.39, 0.29) is 11.9 Å². The topological polar surface area (TPSA) is 38.3 Å². The van der Waals surface area contributed by atoms with Crippen LogP contribution in [-0.4, -0.2) is 18.1 Å². The van der Waals surface area contributed by atoms with Crippen LogP contribution in [0.4, 0.5) is 0 Å². The van der Waals surface area contributed by atoms with Gasteiger partial charge in [0.1, 0.15) is 5.75 Å². The van der Waals surface area contributed by atoms with Crippen LogP contribution in [-0.2, 0) is 4.79 Å².